The van der Waals surface area contributed by atoms with Crippen molar-refractivity contribution in [2.45, 2.75) is 193 Å². The molecule has 2 aromatic carbocycles. The number of nitriles is 5. The van der Waals surface area contributed by atoms with E-state index in [1.807, 2.05) is 0 Å². The first-order valence-electron chi connectivity index (χ1n) is 30.1. The maximum absolute atomic E-state index is 10.7. The second kappa shape index (κ2) is 36.6. The van der Waals surface area contributed by atoms with Crippen LogP contribution in [-0.4, -0.2) is 40.7 Å². The normalized spacial score (nSPS) is 17.0. The number of thiophene rings is 3. The molecular formula is C64H77N12O5S5-. The van der Waals surface area contributed by atoms with Crippen LogP contribution >= 0.6 is 47.5 Å². The van der Waals surface area contributed by atoms with Crippen molar-refractivity contribution >= 4 is 96.7 Å². The molecule has 0 saturated heterocycles. The number of carbonyl (C=O) groups is 1. The van der Waals surface area contributed by atoms with Crippen molar-refractivity contribution in [2.24, 2.45) is 10.2 Å². The van der Waals surface area contributed by atoms with Gasteiger partial charge in [-0.25, -0.2) is 4.21 Å². The molecule has 1 atom stereocenters. The SMILES string of the molecule is N#CCC#N.N#Cc1c(N)sc2c1CCCCC2.N#Cc1c(N=Nc2cc3c4c(c2)CCCN4CCC3)sc2c1CCCCC2.N#Cc1c([N+]#N)sc2c1CCCCC2.O=C1CCCCCC1.O=S([O-])O[O-].S.c1cc2c3c(c1)CCCN3CCC2. The van der Waals surface area contributed by atoms with Gasteiger partial charge in [-0.05, 0) is 204 Å². The van der Waals surface area contributed by atoms with Crippen molar-refractivity contribution in [3.05, 3.63) is 106 Å². The minimum atomic E-state index is -2.88. The fourth-order valence-electron chi connectivity index (χ4n) is 12.5. The lowest BCUT2D eigenvalue weighted by atomic mass is 9.91. The van der Waals surface area contributed by atoms with E-state index >= 15 is 0 Å². The Morgan fingerprint density at radius 2 is 0.965 bits per heavy atom. The second-order valence-corrected chi connectivity index (χ2v) is 25.9. The zero-order chi connectivity index (χ0) is 60.3. The highest BCUT2D eigenvalue weighted by atomic mass is 32.2. The number of benzene rings is 2. The monoisotopic (exact) mass is 1250 g/mol. The summed E-state index contributed by atoms with van der Waals surface area (Å²) in [6.45, 7) is 4.94. The molecule has 7 heterocycles. The van der Waals surface area contributed by atoms with Gasteiger partial charge in [-0.3, -0.25) is 4.79 Å². The molecule has 86 heavy (non-hydrogen) atoms. The maximum atomic E-state index is 10.7. The van der Waals surface area contributed by atoms with Crippen molar-refractivity contribution < 1.29 is 23.1 Å². The molecule has 0 bridgehead atoms. The number of Topliss-reactive ketones (excluding diaryl/α,β-unsaturated/α-hetero) is 1. The number of nitrogens with two attached hydrogens (primary N) is 1. The molecule has 1 saturated carbocycles. The average molecular weight is 1250 g/mol. The van der Waals surface area contributed by atoms with E-state index in [-0.39, 0.29) is 19.9 Å². The van der Waals surface area contributed by atoms with Gasteiger partial charge in [0.2, 0.25) is 5.39 Å². The van der Waals surface area contributed by atoms with Gasteiger partial charge < -0.3 is 29.7 Å². The number of nitrogen functional groups attached to an aromatic ring is 1. The fraction of sp³-hybridized carbons (Fsp3) is 0.531. The van der Waals surface area contributed by atoms with Crippen molar-refractivity contribution in [2.75, 3.05) is 41.7 Å². The molecule has 8 aliphatic rings. The van der Waals surface area contributed by atoms with Crippen molar-refractivity contribution in [1.29, 1.82) is 31.7 Å². The number of fused-ring (bicyclic) bond motifs is 3. The number of aryl methyl sites for hydroxylation is 7. The molecule has 2 N–H and O–H groups in total. The Labute approximate surface area is 528 Å². The Hall–Kier alpha value is -6.54. The van der Waals surface area contributed by atoms with Crippen molar-refractivity contribution in [1.82, 2.24) is 0 Å². The zero-order valence-corrected chi connectivity index (χ0v) is 53.4. The van der Waals surface area contributed by atoms with Crippen molar-refractivity contribution in [3.63, 3.8) is 0 Å². The highest BCUT2D eigenvalue weighted by molar-refractivity contribution is 7.73. The van der Waals surface area contributed by atoms with Crippen LogP contribution in [0.5, 0.6) is 0 Å². The van der Waals surface area contributed by atoms with Crippen LogP contribution in [0, 0.1) is 62.0 Å². The Kier molecular flexibility index (Phi) is 29.2. The van der Waals surface area contributed by atoms with Gasteiger partial charge in [0.25, 0.3) is 0 Å². The number of rotatable bonds is 3. The summed E-state index contributed by atoms with van der Waals surface area (Å²) in [7, 11) is 0. The van der Waals surface area contributed by atoms with Crippen LogP contribution in [0.25, 0.3) is 4.98 Å². The molecule has 4 aliphatic heterocycles. The lowest BCUT2D eigenvalue weighted by Gasteiger charge is -2.36. The summed E-state index contributed by atoms with van der Waals surface area (Å²) in [5.41, 5.74) is 21.5. The van der Waals surface area contributed by atoms with Gasteiger partial charge in [-0.2, -0.15) is 39.8 Å². The molecule has 1 unspecified atom stereocenters. The first kappa shape index (κ1) is 68.6. The highest BCUT2D eigenvalue weighted by Crippen LogP contribution is 2.43. The Morgan fingerprint density at radius 3 is 1.42 bits per heavy atom. The highest BCUT2D eigenvalue weighted by Gasteiger charge is 2.28. The van der Waals surface area contributed by atoms with Gasteiger partial charge in [0.05, 0.1) is 40.3 Å². The molecule has 22 heteroatoms. The Balaban J connectivity index is 0.000000173. The molecule has 3 aromatic heterocycles. The Morgan fingerprint density at radius 1 is 0.558 bits per heavy atom. The number of hydrogen-bond donors (Lipinski definition) is 1. The molecule has 1 fully saturated rings. The summed E-state index contributed by atoms with van der Waals surface area (Å²) < 4.78 is 20.1. The zero-order valence-electron chi connectivity index (χ0n) is 49.1. The first-order valence-corrected chi connectivity index (χ1v) is 33.6. The summed E-state index contributed by atoms with van der Waals surface area (Å²) in [6.07, 6.45) is 33.7. The summed E-state index contributed by atoms with van der Waals surface area (Å²) in [4.78, 5) is 22.9. The van der Waals surface area contributed by atoms with E-state index in [1.165, 1.54) is 183 Å². The number of hydrogen-bond acceptors (Lipinski definition) is 19. The first-order chi connectivity index (χ1) is 41.5. The van der Waals surface area contributed by atoms with E-state index in [0.717, 1.165) is 116 Å². The van der Waals surface area contributed by atoms with Crippen LogP contribution in [0.3, 0.4) is 0 Å². The van der Waals surface area contributed by atoms with Crippen LogP contribution < -0.4 is 20.8 Å². The number of anilines is 3. The lowest BCUT2D eigenvalue weighted by Crippen LogP contribution is -2.34. The third-order valence-electron chi connectivity index (χ3n) is 16.4. The molecule has 0 radical (unpaired) electrons. The predicted molar refractivity (Wildman–Crippen MR) is 344 cm³/mol. The standard InChI is InChI=1S/C22H24N4S.C12H15N.C10H10N3S.C10H12N2S.C7H12O.C3H2N2.H2O4S.H2S/c23-14-19-18-8-2-1-3-9-20(18)27-22(19)25-24-17-12-15-6-4-10-26-11-5-7-16(13-17)21(15)26;1-4-10-6-2-8-13-9-3-7-11(5-1)12(10)13;11-6-8-7-4-2-1-3-5-9(7)14-10(8)13-12;11-6-8-7-4-2-1-3-5-9(7)13-10(8)12;8-7-5-3-1-2-4-6-7;4-2-1-3-5;1-4-5(2)3;/h12-13H,1-11H2;1,4-5H,2-3,6-9H2;1-5H2;1-5,12H2;1-6H2;1H2;1H,(H,2,3);1H2/q;;+1;;;;;/p-2. The summed E-state index contributed by atoms with van der Waals surface area (Å²) in [5.74, 6) is 0.475. The molecule has 17 nitrogen and oxygen atoms in total. The average Bonchev–Trinajstić information content (AvgIpc) is 1.62. The predicted octanol–water partition coefficient (Wildman–Crippen LogP) is 14.8. The quantitative estimate of drug-likeness (QED) is 0.0334. The van der Waals surface area contributed by atoms with Gasteiger partial charge in [-0.1, -0.05) is 50.3 Å². The largest absolute Gasteiger partial charge is 0.750 e. The van der Waals surface area contributed by atoms with Crippen LogP contribution in [0.1, 0.15) is 199 Å². The van der Waals surface area contributed by atoms with E-state index in [2.05, 4.69) is 77.9 Å². The molecule has 5 aromatic rings. The third kappa shape index (κ3) is 19.2. The molecule has 0 amide bonds. The number of azo groups is 1. The molecular weight excluding hydrogens is 1180 g/mol. The summed E-state index contributed by atoms with van der Waals surface area (Å²) >= 11 is 1.87. The second-order valence-electron chi connectivity index (χ2n) is 22.1. The summed E-state index contributed by atoms with van der Waals surface area (Å²) in [6, 6.07) is 21.3. The van der Waals surface area contributed by atoms with Gasteiger partial charge in [-0.15, -0.1) is 32.9 Å². The molecule has 0 spiro atoms. The van der Waals surface area contributed by atoms with Crippen LogP contribution in [0.15, 0.2) is 40.6 Å². The van der Waals surface area contributed by atoms with Crippen LogP contribution in [-0.2, 0) is 84.7 Å². The number of nitrogens with zero attached hydrogens (tertiary/aromatic N) is 11. The topological polar surface area (TPSA) is 294 Å². The molecule has 454 valence electrons. The third-order valence-corrected chi connectivity index (χ3v) is 20.0. The van der Waals surface area contributed by atoms with E-state index in [0.29, 0.717) is 16.3 Å². The molecule has 4 aliphatic carbocycles. The fourth-order valence-corrected chi connectivity index (χ4v) is 15.9. The minimum absolute atomic E-state index is 0. The lowest BCUT2D eigenvalue weighted by molar-refractivity contribution is -0.635. The molecule has 13 rings (SSSR count). The number of carbonyl (C=O) groups excluding carboxylic acids is 1. The number of para-hydroxylation sites is 1. The van der Waals surface area contributed by atoms with Gasteiger partial charge in [0.1, 0.15) is 35.4 Å². The van der Waals surface area contributed by atoms with Gasteiger partial charge >= 0.3 is 5.00 Å². The van der Waals surface area contributed by atoms with E-state index in [9.17, 15) is 10.1 Å². The minimum Gasteiger partial charge on any atom is -0.750 e. The number of diazo groups is 1. The Bertz CT molecular complexity index is 3320. The van der Waals surface area contributed by atoms with E-state index < -0.39 is 11.4 Å². The smallest absolute Gasteiger partial charge is 0.458 e. The van der Waals surface area contributed by atoms with Gasteiger partial charge in [0, 0.05) is 65.0 Å². The van der Waals surface area contributed by atoms with Gasteiger partial charge in [0.15, 0.2) is 15.5 Å². The van der Waals surface area contributed by atoms with Crippen molar-refractivity contribution in [3.8, 4) is 30.3 Å². The number of ketones is 1. The van der Waals surface area contributed by atoms with E-state index in [4.69, 9.17) is 46.2 Å². The van der Waals surface area contributed by atoms with Crippen LogP contribution in [0.4, 0.5) is 32.1 Å². The van der Waals surface area contributed by atoms with E-state index in [1.54, 1.807) is 51.6 Å². The summed E-state index contributed by atoms with van der Waals surface area (Å²) in [5, 5.41) is 71.2. The maximum Gasteiger partial charge on any atom is 0.458 e. The van der Waals surface area contributed by atoms with Crippen LogP contribution in [0.2, 0.25) is 0 Å².